The molecule has 0 bridgehead atoms. The third kappa shape index (κ3) is 4.82. The molecule has 2 atom stereocenters. The maximum Gasteiger partial charge on any atom is 0.223 e. The molecule has 0 fully saturated rings. The van der Waals surface area contributed by atoms with Crippen molar-refractivity contribution in [1.29, 1.82) is 0 Å². The van der Waals surface area contributed by atoms with Gasteiger partial charge in [-0.1, -0.05) is 6.92 Å². The third-order valence-electron chi connectivity index (χ3n) is 3.04. The first-order chi connectivity index (χ1) is 9.88. The molecule has 118 valence electrons. The topological polar surface area (TPSA) is 96.8 Å². The highest BCUT2D eigenvalue weighted by atomic mass is 16.5. The third-order valence-corrected chi connectivity index (χ3v) is 3.04. The van der Waals surface area contributed by atoms with Crippen molar-refractivity contribution in [1.82, 2.24) is 0 Å². The number of ether oxygens (including phenoxy) is 3. The Balaban J connectivity index is 3.03. The second-order valence-electron chi connectivity index (χ2n) is 5.13. The Kier molecular flexibility index (Phi) is 6.30. The van der Waals surface area contributed by atoms with Crippen molar-refractivity contribution in [2.24, 2.45) is 17.4 Å². The molecule has 1 aromatic carbocycles. The van der Waals surface area contributed by atoms with E-state index in [1.807, 2.05) is 19.1 Å². The Labute approximate surface area is 125 Å². The van der Waals surface area contributed by atoms with Crippen LogP contribution >= 0.6 is 0 Å². The van der Waals surface area contributed by atoms with Crippen molar-refractivity contribution in [3.63, 3.8) is 0 Å². The van der Waals surface area contributed by atoms with Crippen LogP contribution in [0.4, 0.5) is 0 Å². The lowest BCUT2D eigenvalue weighted by molar-refractivity contribution is -0.122. The average Bonchev–Trinajstić information content (AvgIpc) is 2.43. The fourth-order valence-corrected chi connectivity index (χ4v) is 1.86. The Bertz CT molecular complexity index is 464. The van der Waals surface area contributed by atoms with Gasteiger partial charge in [0.05, 0.1) is 26.7 Å². The lowest BCUT2D eigenvalue weighted by Crippen LogP contribution is -2.26. The van der Waals surface area contributed by atoms with E-state index in [1.54, 1.807) is 21.1 Å². The fraction of sp³-hybridized carbons (Fsp3) is 0.533. The summed E-state index contributed by atoms with van der Waals surface area (Å²) >= 11 is 0. The van der Waals surface area contributed by atoms with Gasteiger partial charge in [-0.2, -0.15) is 0 Å². The van der Waals surface area contributed by atoms with E-state index in [0.717, 1.165) is 5.56 Å². The van der Waals surface area contributed by atoms with Crippen LogP contribution in [0.3, 0.4) is 0 Å². The molecule has 0 saturated carbocycles. The van der Waals surface area contributed by atoms with Crippen molar-refractivity contribution in [3.05, 3.63) is 17.7 Å². The van der Waals surface area contributed by atoms with E-state index < -0.39 is 11.8 Å². The number of carbonyl (C=O) groups excluding carboxylic acids is 1. The van der Waals surface area contributed by atoms with E-state index in [0.29, 0.717) is 23.7 Å². The van der Waals surface area contributed by atoms with Crippen LogP contribution < -0.4 is 25.7 Å². The van der Waals surface area contributed by atoms with Gasteiger partial charge in [-0.05, 0) is 31.0 Å². The van der Waals surface area contributed by atoms with Crippen molar-refractivity contribution in [2.45, 2.75) is 26.3 Å². The second kappa shape index (κ2) is 7.73. The van der Waals surface area contributed by atoms with Gasteiger partial charge in [-0.3, -0.25) is 4.79 Å². The molecular weight excluding hydrogens is 272 g/mol. The molecule has 1 amide bonds. The fourth-order valence-electron chi connectivity index (χ4n) is 1.86. The number of hydrogen-bond acceptors (Lipinski definition) is 5. The highest BCUT2D eigenvalue weighted by Gasteiger charge is 2.17. The summed E-state index contributed by atoms with van der Waals surface area (Å²) in [6, 6.07) is 3.74. The highest BCUT2D eigenvalue weighted by molar-refractivity contribution is 5.76. The monoisotopic (exact) mass is 296 g/mol. The van der Waals surface area contributed by atoms with E-state index in [2.05, 4.69) is 0 Å². The van der Waals surface area contributed by atoms with Gasteiger partial charge in [0, 0.05) is 6.04 Å². The van der Waals surface area contributed by atoms with Gasteiger partial charge in [0.1, 0.15) is 0 Å². The van der Waals surface area contributed by atoms with E-state index in [1.165, 1.54) is 0 Å². The molecule has 0 saturated heterocycles. The first-order valence-electron chi connectivity index (χ1n) is 6.81. The Morgan fingerprint density at radius 2 is 1.71 bits per heavy atom. The lowest BCUT2D eigenvalue weighted by Gasteiger charge is -2.18. The molecule has 2 unspecified atom stereocenters. The van der Waals surface area contributed by atoms with Crippen molar-refractivity contribution in [2.75, 3.05) is 20.8 Å². The Hall–Kier alpha value is -1.95. The molecule has 0 aromatic heterocycles. The zero-order chi connectivity index (χ0) is 16.0. The molecule has 6 heteroatoms. The molecule has 4 N–H and O–H groups in total. The zero-order valence-electron chi connectivity index (χ0n) is 13.0. The van der Waals surface area contributed by atoms with Crippen LogP contribution in [0.15, 0.2) is 12.1 Å². The van der Waals surface area contributed by atoms with E-state index in [4.69, 9.17) is 25.7 Å². The summed E-state index contributed by atoms with van der Waals surface area (Å²) in [6.45, 7) is 3.79. The minimum Gasteiger partial charge on any atom is -0.493 e. The molecular formula is C15H24N2O4. The lowest BCUT2D eigenvalue weighted by atomic mass is 10.1. The van der Waals surface area contributed by atoms with Crippen molar-refractivity contribution in [3.8, 4) is 17.2 Å². The number of nitrogens with two attached hydrogens (primary N) is 2. The molecule has 21 heavy (non-hydrogen) atoms. The minimum absolute atomic E-state index is 0.0288. The molecule has 0 aliphatic carbocycles. The Morgan fingerprint density at radius 3 is 2.10 bits per heavy atom. The number of amides is 1. The summed E-state index contributed by atoms with van der Waals surface area (Å²) in [5.74, 6) is 0.731. The highest BCUT2D eigenvalue weighted by Crippen LogP contribution is 2.39. The molecule has 0 aliphatic heterocycles. The maximum atomic E-state index is 11.1. The van der Waals surface area contributed by atoms with Crippen LogP contribution in [0.25, 0.3) is 0 Å². The van der Waals surface area contributed by atoms with Crippen LogP contribution in [-0.2, 0) is 11.2 Å². The van der Waals surface area contributed by atoms with Gasteiger partial charge >= 0.3 is 0 Å². The quantitative estimate of drug-likeness (QED) is 0.748. The predicted octanol–water partition coefficient (Wildman–Crippen LogP) is 1.09. The summed E-state index contributed by atoms with van der Waals surface area (Å²) in [5, 5.41) is 0. The normalized spacial score (nSPS) is 13.4. The van der Waals surface area contributed by atoms with Crippen LogP contribution in [0.2, 0.25) is 0 Å². The molecule has 0 heterocycles. The first-order valence-corrected chi connectivity index (χ1v) is 6.81. The number of hydrogen-bond donors (Lipinski definition) is 2. The van der Waals surface area contributed by atoms with Crippen LogP contribution in [-0.4, -0.2) is 32.8 Å². The van der Waals surface area contributed by atoms with Gasteiger partial charge in [0.2, 0.25) is 11.7 Å². The van der Waals surface area contributed by atoms with Gasteiger partial charge in [-0.25, -0.2) is 0 Å². The summed E-state index contributed by atoms with van der Waals surface area (Å²) in [4.78, 5) is 11.1. The number of carbonyl (C=O) groups is 1. The van der Waals surface area contributed by atoms with Crippen LogP contribution in [0.1, 0.15) is 19.4 Å². The second-order valence-corrected chi connectivity index (χ2v) is 5.13. The molecule has 1 rings (SSSR count). The number of methoxy groups -OCH3 is 2. The number of primary amides is 1. The van der Waals surface area contributed by atoms with Crippen LogP contribution in [0.5, 0.6) is 17.2 Å². The molecule has 6 nitrogen and oxygen atoms in total. The SMILES string of the molecule is COc1cc(CC(C)N)cc(OC)c1OCC(C)C(N)=O. The average molecular weight is 296 g/mol. The summed E-state index contributed by atoms with van der Waals surface area (Å²) in [7, 11) is 3.10. The minimum atomic E-state index is -0.415. The smallest absolute Gasteiger partial charge is 0.223 e. The first kappa shape index (κ1) is 17.1. The van der Waals surface area contributed by atoms with E-state index in [-0.39, 0.29) is 12.6 Å². The molecule has 0 aliphatic rings. The van der Waals surface area contributed by atoms with E-state index >= 15 is 0 Å². The van der Waals surface area contributed by atoms with E-state index in [9.17, 15) is 4.79 Å². The standard InChI is InChI=1S/C15H24N2O4/c1-9(15(17)18)8-21-14-12(19-3)6-11(5-10(2)16)7-13(14)20-4/h6-7,9-10H,5,8,16H2,1-4H3,(H2,17,18). The largest absolute Gasteiger partial charge is 0.493 e. The summed E-state index contributed by atoms with van der Waals surface area (Å²) in [6.07, 6.45) is 0.699. The van der Waals surface area contributed by atoms with Gasteiger partial charge in [0.15, 0.2) is 11.5 Å². The number of rotatable bonds is 8. The maximum absolute atomic E-state index is 11.1. The van der Waals surface area contributed by atoms with Crippen molar-refractivity contribution < 1.29 is 19.0 Å². The zero-order valence-corrected chi connectivity index (χ0v) is 13.0. The predicted molar refractivity (Wildman–Crippen MR) is 80.8 cm³/mol. The summed E-state index contributed by atoms with van der Waals surface area (Å²) in [5.41, 5.74) is 12.0. The van der Waals surface area contributed by atoms with Gasteiger partial charge < -0.3 is 25.7 Å². The van der Waals surface area contributed by atoms with Crippen molar-refractivity contribution >= 4 is 5.91 Å². The van der Waals surface area contributed by atoms with Gasteiger partial charge in [-0.15, -0.1) is 0 Å². The molecule has 0 radical (unpaired) electrons. The summed E-state index contributed by atoms with van der Waals surface area (Å²) < 4.78 is 16.3. The van der Waals surface area contributed by atoms with Gasteiger partial charge in [0.25, 0.3) is 0 Å². The number of benzene rings is 1. The molecule has 1 aromatic rings. The van der Waals surface area contributed by atoms with Crippen LogP contribution in [0, 0.1) is 5.92 Å². The molecule has 0 spiro atoms. The Morgan fingerprint density at radius 1 is 1.19 bits per heavy atom.